The third kappa shape index (κ3) is 4.87. The van der Waals surface area contributed by atoms with E-state index >= 15 is 0 Å². The van der Waals surface area contributed by atoms with Crippen LogP contribution in [0.25, 0.3) is 10.9 Å². The van der Waals surface area contributed by atoms with Crippen molar-refractivity contribution in [2.75, 3.05) is 26.4 Å². The Morgan fingerprint density at radius 3 is 2.56 bits per heavy atom. The van der Waals surface area contributed by atoms with Gasteiger partial charge in [0, 0.05) is 0 Å². The summed E-state index contributed by atoms with van der Waals surface area (Å²) >= 11 is 5.82. The molecule has 2 heterocycles. The third-order valence-electron chi connectivity index (χ3n) is 5.23. The summed E-state index contributed by atoms with van der Waals surface area (Å²) < 4.78 is 45.7. The number of carbonyl (C=O) groups excluding carboxylic acids is 1. The predicted octanol–water partition coefficient (Wildman–Crippen LogP) is 1.63. The molecule has 4 rings (SSSR count). The number of hydrogen-bond acceptors (Lipinski definition) is 7. The van der Waals surface area contributed by atoms with Crippen molar-refractivity contribution in [3.8, 4) is 5.75 Å². The van der Waals surface area contributed by atoms with E-state index in [4.69, 9.17) is 36.7 Å². The number of fused-ring (bicyclic) bond motifs is 1. The van der Waals surface area contributed by atoms with Crippen LogP contribution < -0.4 is 16.0 Å². The van der Waals surface area contributed by atoms with E-state index in [1.54, 1.807) is 0 Å². The van der Waals surface area contributed by atoms with Gasteiger partial charge in [-0.1, -0.05) is 17.7 Å². The van der Waals surface area contributed by atoms with E-state index in [9.17, 15) is 18.4 Å². The van der Waals surface area contributed by atoms with Gasteiger partial charge in [-0.15, -0.1) is 0 Å². The number of rotatable bonds is 7. The van der Waals surface area contributed by atoms with Crippen molar-refractivity contribution in [2.45, 2.75) is 18.8 Å². The number of primary amides is 1. The molecule has 9 nitrogen and oxygen atoms in total. The molecule has 0 radical (unpaired) electrons. The molecule has 0 spiro atoms. The summed E-state index contributed by atoms with van der Waals surface area (Å²) in [6.45, 7) is -0.314. The van der Waals surface area contributed by atoms with Gasteiger partial charge in [-0.2, -0.15) is 0 Å². The fraction of sp³-hybridized carbons (Fsp3) is 0.318. The SMILES string of the molecule is NC(=O)c1nc2ccc(F)c(OCC3COC(CO)CO3)c2c(=O)n1Cc1ccc(F)c(Cl)c1. The smallest absolute Gasteiger partial charge is 0.284 e. The molecule has 1 fully saturated rings. The molecule has 0 saturated carbocycles. The van der Waals surface area contributed by atoms with Gasteiger partial charge in [0.1, 0.15) is 30.0 Å². The second-order valence-electron chi connectivity index (χ2n) is 7.61. The zero-order chi connectivity index (χ0) is 24.4. The highest BCUT2D eigenvalue weighted by Crippen LogP contribution is 2.27. The predicted molar refractivity (Wildman–Crippen MR) is 117 cm³/mol. The maximum absolute atomic E-state index is 14.7. The quantitative estimate of drug-likeness (QED) is 0.510. The molecule has 180 valence electrons. The molecular weight excluding hydrogens is 476 g/mol. The van der Waals surface area contributed by atoms with E-state index < -0.39 is 35.3 Å². The summed E-state index contributed by atoms with van der Waals surface area (Å²) in [4.78, 5) is 29.6. The summed E-state index contributed by atoms with van der Waals surface area (Å²) in [5.41, 5.74) is 5.04. The van der Waals surface area contributed by atoms with E-state index in [0.717, 1.165) is 16.7 Å². The molecule has 3 N–H and O–H groups in total. The molecular formula is C22H20ClF2N3O6. The highest BCUT2D eigenvalue weighted by atomic mass is 35.5. The van der Waals surface area contributed by atoms with Crippen molar-refractivity contribution < 1.29 is 32.9 Å². The molecule has 1 aromatic heterocycles. The second-order valence-corrected chi connectivity index (χ2v) is 8.02. The Balaban J connectivity index is 1.73. The van der Waals surface area contributed by atoms with Gasteiger partial charge in [-0.25, -0.2) is 13.8 Å². The fourth-order valence-corrected chi connectivity index (χ4v) is 3.71. The third-order valence-corrected chi connectivity index (χ3v) is 5.52. The van der Waals surface area contributed by atoms with E-state index in [1.165, 1.54) is 18.2 Å². The van der Waals surface area contributed by atoms with Crippen molar-refractivity contribution in [2.24, 2.45) is 5.73 Å². The number of aliphatic hydroxyl groups is 1. The first-order chi connectivity index (χ1) is 16.3. The van der Waals surface area contributed by atoms with E-state index in [2.05, 4.69) is 4.98 Å². The van der Waals surface area contributed by atoms with Crippen LogP contribution in [-0.4, -0.2) is 59.2 Å². The van der Waals surface area contributed by atoms with Crippen molar-refractivity contribution in [3.63, 3.8) is 0 Å². The normalized spacial score (nSPS) is 18.2. The Hall–Kier alpha value is -3.12. The van der Waals surface area contributed by atoms with Crippen LogP contribution in [0, 0.1) is 11.6 Å². The number of amides is 1. The van der Waals surface area contributed by atoms with Crippen molar-refractivity contribution in [1.82, 2.24) is 9.55 Å². The molecule has 1 amide bonds. The maximum atomic E-state index is 14.7. The number of benzene rings is 2. The van der Waals surface area contributed by atoms with E-state index in [1.807, 2.05) is 0 Å². The first-order valence-corrected chi connectivity index (χ1v) is 10.6. The van der Waals surface area contributed by atoms with Crippen LogP contribution in [0.1, 0.15) is 16.2 Å². The zero-order valence-corrected chi connectivity index (χ0v) is 18.4. The molecule has 34 heavy (non-hydrogen) atoms. The number of carbonyl (C=O) groups is 1. The Morgan fingerprint density at radius 1 is 1.21 bits per heavy atom. The first-order valence-electron chi connectivity index (χ1n) is 10.2. The lowest BCUT2D eigenvalue weighted by atomic mass is 10.2. The van der Waals surface area contributed by atoms with Crippen molar-refractivity contribution in [3.05, 3.63) is 68.7 Å². The highest BCUT2D eigenvalue weighted by molar-refractivity contribution is 6.30. The minimum atomic E-state index is -0.981. The molecule has 0 aliphatic carbocycles. The van der Waals surface area contributed by atoms with Crippen LogP contribution in [0.2, 0.25) is 5.02 Å². The lowest BCUT2D eigenvalue weighted by Gasteiger charge is -2.28. The monoisotopic (exact) mass is 495 g/mol. The van der Waals surface area contributed by atoms with Gasteiger partial charge in [0.15, 0.2) is 11.6 Å². The van der Waals surface area contributed by atoms with Crippen LogP contribution >= 0.6 is 11.6 Å². The summed E-state index contributed by atoms with van der Waals surface area (Å²) in [5.74, 6) is -3.19. The van der Waals surface area contributed by atoms with Crippen LogP contribution in [0.5, 0.6) is 5.75 Å². The largest absolute Gasteiger partial charge is 0.487 e. The molecule has 12 heteroatoms. The van der Waals surface area contributed by atoms with Gasteiger partial charge in [0.2, 0.25) is 5.82 Å². The van der Waals surface area contributed by atoms with Gasteiger partial charge >= 0.3 is 0 Å². The van der Waals surface area contributed by atoms with Crippen LogP contribution in [-0.2, 0) is 16.0 Å². The van der Waals surface area contributed by atoms with E-state index in [0.29, 0.717) is 5.56 Å². The molecule has 1 aliphatic rings. The second kappa shape index (κ2) is 10.0. The van der Waals surface area contributed by atoms with Gasteiger partial charge in [0.05, 0.1) is 36.9 Å². The first kappa shape index (κ1) is 24.0. The van der Waals surface area contributed by atoms with Crippen molar-refractivity contribution in [1.29, 1.82) is 0 Å². The summed E-state index contributed by atoms with van der Waals surface area (Å²) in [5, 5.41) is 8.73. The van der Waals surface area contributed by atoms with Gasteiger partial charge in [-0.3, -0.25) is 14.2 Å². The molecule has 3 aromatic rings. The molecule has 0 bridgehead atoms. The van der Waals surface area contributed by atoms with Crippen LogP contribution in [0.3, 0.4) is 0 Å². The molecule has 1 saturated heterocycles. The van der Waals surface area contributed by atoms with E-state index in [-0.39, 0.29) is 60.5 Å². The number of nitrogens with two attached hydrogens (primary N) is 1. The number of ether oxygens (including phenoxy) is 3. The lowest BCUT2D eigenvalue weighted by molar-refractivity contribution is -0.153. The Bertz CT molecular complexity index is 1290. The Morgan fingerprint density at radius 2 is 1.91 bits per heavy atom. The molecule has 2 atom stereocenters. The minimum absolute atomic E-state index is 0.00439. The number of aliphatic hydroxyl groups excluding tert-OH is 1. The lowest BCUT2D eigenvalue weighted by Crippen LogP contribution is -2.40. The van der Waals surface area contributed by atoms with Crippen LogP contribution in [0.4, 0.5) is 8.78 Å². The highest BCUT2D eigenvalue weighted by Gasteiger charge is 2.25. The zero-order valence-electron chi connectivity index (χ0n) is 17.7. The van der Waals surface area contributed by atoms with Crippen molar-refractivity contribution >= 4 is 28.4 Å². The molecule has 1 aliphatic heterocycles. The fourth-order valence-electron chi connectivity index (χ4n) is 3.51. The summed E-state index contributed by atoms with van der Waals surface area (Å²) in [7, 11) is 0. The Kier molecular flexibility index (Phi) is 7.08. The van der Waals surface area contributed by atoms with Crippen LogP contribution in [0.15, 0.2) is 35.1 Å². The number of hydrogen-bond donors (Lipinski definition) is 2. The average Bonchev–Trinajstić information content (AvgIpc) is 2.82. The standard InChI is InChI=1S/C22H20ClF2N3O6/c23-14-5-11(1-2-15(14)24)6-28-21(20(26)30)27-17-4-3-16(25)19(18(17)22(28)31)34-10-13-9-32-12(7-29)8-33-13/h1-5,12-13,29H,6-10H2,(H2,26,30). The topological polar surface area (TPSA) is 126 Å². The number of halogens is 3. The average molecular weight is 496 g/mol. The minimum Gasteiger partial charge on any atom is -0.487 e. The summed E-state index contributed by atoms with van der Waals surface area (Å²) in [6.07, 6.45) is -1.01. The maximum Gasteiger partial charge on any atom is 0.284 e. The van der Waals surface area contributed by atoms with Gasteiger partial charge < -0.3 is 25.1 Å². The number of aromatic nitrogens is 2. The van der Waals surface area contributed by atoms with Gasteiger partial charge in [-0.05, 0) is 29.8 Å². The Labute approximate surface area is 196 Å². The molecule has 2 aromatic carbocycles. The number of nitrogens with zero attached hydrogens (tertiary/aromatic N) is 2. The summed E-state index contributed by atoms with van der Waals surface area (Å²) in [6, 6.07) is 6.07. The molecule has 2 unspecified atom stereocenters. The van der Waals surface area contributed by atoms with Gasteiger partial charge in [0.25, 0.3) is 11.5 Å².